The molecule has 102 valence electrons. The minimum atomic E-state index is -0.172. The molecule has 2 nitrogen and oxygen atoms in total. The van der Waals surface area contributed by atoms with Gasteiger partial charge in [-0.15, -0.1) is 0 Å². The van der Waals surface area contributed by atoms with Crippen molar-refractivity contribution in [3.8, 4) is 0 Å². The van der Waals surface area contributed by atoms with Crippen molar-refractivity contribution in [3.05, 3.63) is 59.7 Å². The van der Waals surface area contributed by atoms with Crippen LogP contribution in [0.15, 0.2) is 42.6 Å². The van der Waals surface area contributed by atoms with Gasteiger partial charge in [0.25, 0.3) is 0 Å². The van der Waals surface area contributed by atoms with Crippen LogP contribution in [0.5, 0.6) is 0 Å². The van der Waals surface area contributed by atoms with Crippen LogP contribution >= 0.6 is 0 Å². The van der Waals surface area contributed by atoms with Crippen molar-refractivity contribution in [1.82, 2.24) is 9.88 Å². The third kappa shape index (κ3) is 4.21. The van der Waals surface area contributed by atoms with Gasteiger partial charge in [0.15, 0.2) is 0 Å². The number of halogens is 1. The zero-order valence-corrected chi connectivity index (χ0v) is 11.4. The van der Waals surface area contributed by atoms with E-state index in [4.69, 9.17) is 0 Å². The minimum Gasteiger partial charge on any atom is -0.350 e. The van der Waals surface area contributed by atoms with Gasteiger partial charge in [0.2, 0.25) is 0 Å². The Morgan fingerprint density at radius 3 is 2.68 bits per heavy atom. The summed E-state index contributed by atoms with van der Waals surface area (Å²) in [4.78, 5) is 0. The number of nitrogens with zero attached hydrogens (tertiary/aromatic N) is 1. The number of aromatic nitrogens is 1. The molecule has 2 rings (SSSR count). The molecule has 2 aromatic rings. The second-order valence-electron chi connectivity index (χ2n) is 4.75. The summed E-state index contributed by atoms with van der Waals surface area (Å²) in [6.07, 6.45) is 4.20. The summed E-state index contributed by atoms with van der Waals surface area (Å²) < 4.78 is 15.0. The summed E-state index contributed by atoms with van der Waals surface area (Å²) in [6.45, 7) is 5.05. The van der Waals surface area contributed by atoms with Crippen LogP contribution in [0.25, 0.3) is 0 Å². The Morgan fingerprint density at radius 1 is 1.16 bits per heavy atom. The Bertz CT molecular complexity index is 488. The van der Waals surface area contributed by atoms with Crippen molar-refractivity contribution >= 4 is 0 Å². The quantitative estimate of drug-likeness (QED) is 0.755. The van der Waals surface area contributed by atoms with Crippen LogP contribution < -0.4 is 5.32 Å². The summed E-state index contributed by atoms with van der Waals surface area (Å²) in [5, 5.41) is 3.44. The summed E-state index contributed by atoms with van der Waals surface area (Å²) in [6, 6.07) is 11.0. The maximum atomic E-state index is 12.8. The monoisotopic (exact) mass is 260 g/mol. The average Bonchev–Trinajstić information content (AvgIpc) is 2.85. The van der Waals surface area contributed by atoms with E-state index in [0.717, 1.165) is 38.0 Å². The molecule has 0 fully saturated rings. The van der Waals surface area contributed by atoms with Gasteiger partial charge in [-0.3, -0.25) is 0 Å². The molecule has 0 spiro atoms. The molecule has 19 heavy (non-hydrogen) atoms. The van der Waals surface area contributed by atoms with Crippen molar-refractivity contribution in [2.45, 2.75) is 32.9 Å². The first-order valence-corrected chi connectivity index (χ1v) is 6.89. The molecule has 0 aliphatic heterocycles. The first kappa shape index (κ1) is 13.8. The van der Waals surface area contributed by atoms with Gasteiger partial charge in [-0.25, -0.2) is 4.39 Å². The van der Waals surface area contributed by atoms with Gasteiger partial charge in [-0.05, 0) is 49.2 Å². The smallest absolute Gasteiger partial charge is 0.123 e. The van der Waals surface area contributed by atoms with E-state index in [-0.39, 0.29) is 5.82 Å². The first-order chi connectivity index (χ1) is 9.29. The number of hydrogen-bond acceptors (Lipinski definition) is 1. The van der Waals surface area contributed by atoms with Crippen LogP contribution in [-0.4, -0.2) is 11.1 Å². The predicted molar refractivity (Wildman–Crippen MR) is 76.5 cm³/mol. The molecule has 0 atom stereocenters. The average molecular weight is 260 g/mol. The summed E-state index contributed by atoms with van der Waals surface area (Å²) >= 11 is 0. The fourth-order valence-corrected chi connectivity index (χ4v) is 2.17. The van der Waals surface area contributed by atoms with Crippen LogP contribution in [0.3, 0.4) is 0 Å². The second-order valence-corrected chi connectivity index (χ2v) is 4.75. The molecule has 0 unspecified atom stereocenters. The molecular weight excluding hydrogens is 239 g/mol. The van der Waals surface area contributed by atoms with Crippen LogP contribution in [0.1, 0.15) is 24.6 Å². The van der Waals surface area contributed by atoms with E-state index in [1.807, 2.05) is 12.1 Å². The highest BCUT2D eigenvalue weighted by atomic mass is 19.1. The van der Waals surface area contributed by atoms with Gasteiger partial charge in [0.1, 0.15) is 5.82 Å². The Hall–Kier alpha value is -1.61. The molecule has 1 heterocycles. The fourth-order valence-electron chi connectivity index (χ4n) is 2.17. The highest BCUT2D eigenvalue weighted by Gasteiger charge is 1.99. The lowest BCUT2D eigenvalue weighted by Crippen LogP contribution is -2.18. The maximum absolute atomic E-state index is 12.8. The number of hydrogen-bond donors (Lipinski definition) is 1. The van der Waals surface area contributed by atoms with Crippen molar-refractivity contribution in [3.63, 3.8) is 0 Å². The van der Waals surface area contributed by atoms with E-state index < -0.39 is 0 Å². The van der Waals surface area contributed by atoms with Gasteiger partial charge in [0, 0.05) is 25.0 Å². The van der Waals surface area contributed by atoms with Crippen LogP contribution in [-0.2, 0) is 19.5 Å². The molecule has 0 amide bonds. The van der Waals surface area contributed by atoms with Gasteiger partial charge < -0.3 is 9.88 Å². The molecule has 0 aliphatic carbocycles. The molecule has 0 aliphatic rings. The maximum Gasteiger partial charge on any atom is 0.123 e. The zero-order chi connectivity index (χ0) is 13.5. The molecule has 0 saturated carbocycles. The third-order valence-corrected chi connectivity index (χ3v) is 3.20. The summed E-state index contributed by atoms with van der Waals surface area (Å²) in [5.74, 6) is -0.172. The van der Waals surface area contributed by atoms with E-state index in [1.165, 1.54) is 17.8 Å². The minimum absolute atomic E-state index is 0.172. The van der Waals surface area contributed by atoms with E-state index in [2.05, 4.69) is 35.1 Å². The molecule has 0 bridgehead atoms. The van der Waals surface area contributed by atoms with Crippen molar-refractivity contribution in [2.24, 2.45) is 0 Å². The SMILES string of the molecule is CCCn1cccc1CNCCc1ccc(F)cc1. The van der Waals surface area contributed by atoms with Crippen LogP contribution in [0, 0.1) is 5.82 Å². The highest BCUT2D eigenvalue weighted by Crippen LogP contribution is 2.05. The third-order valence-electron chi connectivity index (χ3n) is 3.20. The molecule has 0 radical (unpaired) electrons. The predicted octanol–water partition coefficient (Wildman–Crippen LogP) is 3.37. The molecule has 1 aromatic carbocycles. The van der Waals surface area contributed by atoms with E-state index in [1.54, 1.807) is 0 Å². The standard InChI is InChI=1S/C16H21FN2/c1-2-11-19-12-3-4-16(19)13-18-10-9-14-5-7-15(17)8-6-14/h3-8,12,18H,2,9-11,13H2,1H3. The van der Waals surface area contributed by atoms with Crippen LogP contribution in [0.4, 0.5) is 4.39 Å². The van der Waals surface area contributed by atoms with Crippen LogP contribution in [0.2, 0.25) is 0 Å². The number of benzene rings is 1. The van der Waals surface area contributed by atoms with Gasteiger partial charge in [-0.1, -0.05) is 19.1 Å². The van der Waals surface area contributed by atoms with Gasteiger partial charge in [0.05, 0.1) is 0 Å². The lowest BCUT2D eigenvalue weighted by atomic mass is 10.1. The Morgan fingerprint density at radius 2 is 1.95 bits per heavy atom. The lowest BCUT2D eigenvalue weighted by Gasteiger charge is -2.09. The second kappa shape index (κ2) is 7.10. The fraction of sp³-hybridized carbons (Fsp3) is 0.375. The van der Waals surface area contributed by atoms with Gasteiger partial charge >= 0.3 is 0 Å². The molecule has 3 heteroatoms. The van der Waals surface area contributed by atoms with E-state index >= 15 is 0 Å². The number of nitrogens with one attached hydrogen (secondary N) is 1. The first-order valence-electron chi connectivity index (χ1n) is 6.89. The number of rotatable bonds is 7. The van der Waals surface area contributed by atoms with Gasteiger partial charge in [-0.2, -0.15) is 0 Å². The lowest BCUT2D eigenvalue weighted by molar-refractivity contribution is 0.601. The van der Waals surface area contributed by atoms with Crippen molar-refractivity contribution < 1.29 is 4.39 Å². The Labute approximate surface area is 114 Å². The zero-order valence-electron chi connectivity index (χ0n) is 11.4. The molecule has 1 N–H and O–H groups in total. The van der Waals surface area contributed by atoms with Crippen molar-refractivity contribution in [1.29, 1.82) is 0 Å². The van der Waals surface area contributed by atoms with Crippen molar-refractivity contribution in [2.75, 3.05) is 6.54 Å². The molecule has 1 aromatic heterocycles. The number of aryl methyl sites for hydroxylation is 1. The Balaban J connectivity index is 1.74. The molecule has 0 saturated heterocycles. The largest absolute Gasteiger partial charge is 0.350 e. The molecular formula is C16H21FN2. The Kier molecular flexibility index (Phi) is 5.16. The normalized spacial score (nSPS) is 10.8. The summed E-state index contributed by atoms with van der Waals surface area (Å²) in [5.41, 5.74) is 2.48. The summed E-state index contributed by atoms with van der Waals surface area (Å²) in [7, 11) is 0. The topological polar surface area (TPSA) is 17.0 Å². The van der Waals surface area contributed by atoms with E-state index in [9.17, 15) is 4.39 Å². The van der Waals surface area contributed by atoms with E-state index in [0.29, 0.717) is 0 Å². The highest BCUT2D eigenvalue weighted by molar-refractivity contribution is 5.16.